The average Bonchev–Trinajstić information content (AvgIpc) is 2.87. The maximum absolute atomic E-state index is 12.5. The number of carbonyl (C=O) groups is 1. The van der Waals surface area contributed by atoms with Crippen molar-refractivity contribution in [3.63, 3.8) is 0 Å². The van der Waals surface area contributed by atoms with Crippen molar-refractivity contribution in [3.05, 3.63) is 40.9 Å². The van der Waals surface area contributed by atoms with Crippen molar-refractivity contribution >= 4 is 12.0 Å². The number of carbonyl (C=O) groups excluding carboxylic acids is 1. The zero-order valence-corrected chi connectivity index (χ0v) is 15.7. The number of esters is 1. The first-order valence-electron chi connectivity index (χ1n) is 8.74. The van der Waals surface area contributed by atoms with E-state index in [1.807, 2.05) is 19.9 Å². The van der Waals surface area contributed by atoms with Gasteiger partial charge in [0.1, 0.15) is 11.5 Å². The fraction of sp³-hybridized carbons (Fsp3) is 0.476. The van der Waals surface area contributed by atoms with Crippen LogP contribution in [0.3, 0.4) is 0 Å². The molecule has 0 saturated carbocycles. The molecule has 146 valence electrons. The molecule has 0 N–H and O–H groups in total. The second kappa shape index (κ2) is 8.51. The lowest BCUT2D eigenvalue weighted by Gasteiger charge is -2.15. The Morgan fingerprint density at radius 1 is 1.33 bits per heavy atom. The molecule has 0 unspecified atom stereocenters. The third-order valence-corrected chi connectivity index (χ3v) is 4.43. The van der Waals surface area contributed by atoms with Crippen molar-refractivity contribution in [1.82, 2.24) is 0 Å². The number of aryl methyl sites for hydroxylation is 1. The number of halogens is 3. The summed E-state index contributed by atoms with van der Waals surface area (Å²) in [7, 11) is 0. The van der Waals surface area contributed by atoms with Gasteiger partial charge in [-0.05, 0) is 50.8 Å². The van der Waals surface area contributed by atoms with Gasteiger partial charge in [0.15, 0.2) is 6.10 Å². The summed E-state index contributed by atoms with van der Waals surface area (Å²) in [5.74, 6) is 4.94. The molecule has 2 atom stereocenters. The molecule has 3 nitrogen and oxygen atoms in total. The Morgan fingerprint density at radius 3 is 2.67 bits per heavy atom. The highest BCUT2D eigenvalue weighted by molar-refractivity contribution is 5.76. The molecule has 0 fully saturated rings. The molecule has 0 saturated heterocycles. The zero-order chi connectivity index (χ0) is 20.2. The molecule has 2 heterocycles. The van der Waals surface area contributed by atoms with Crippen LogP contribution in [0, 0.1) is 24.7 Å². The summed E-state index contributed by atoms with van der Waals surface area (Å²) in [6, 6.07) is 1.89. The number of furan rings is 1. The summed E-state index contributed by atoms with van der Waals surface area (Å²) in [4.78, 5) is 11.2. The SMILES string of the molecule is C=C(C)[C@H]1CCC#C[C@@H](OC(=O)C(F)(F)F)C/C(C)=C/c2cc(C)c(o2)C1. The monoisotopic (exact) mass is 380 g/mol. The van der Waals surface area contributed by atoms with Crippen LogP contribution in [0.25, 0.3) is 6.08 Å². The van der Waals surface area contributed by atoms with Crippen LogP contribution in [0.15, 0.2) is 28.2 Å². The van der Waals surface area contributed by atoms with Gasteiger partial charge in [0, 0.05) is 19.3 Å². The quantitative estimate of drug-likeness (QED) is 0.392. The van der Waals surface area contributed by atoms with E-state index < -0.39 is 18.2 Å². The standard InChI is InChI=1S/C21H23F3O3/c1-13(2)16-7-5-6-8-17(27-20(25)21(22,23)24)9-14(3)10-18-11-15(4)19(12-16)26-18/h10-11,16-17H,1,5,7,9,12H2,2-4H3/b14-10+/t16-,17+/m0/s1. The van der Waals surface area contributed by atoms with Crippen LogP contribution >= 0.6 is 0 Å². The predicted molar refractivity (Wildman–Crippen MR) is 96.7 cm³/mol. The van der Waals surface area contributed by atoms with Gasteiger partial charge in [0.2, 0.25) is 0 Å². The molecule has 0 aromatic carbocycles. The van der Waals surface area contributed by atoms with Crippen molar-refractivity contribution in [2.75, 3.05) is 0 Å². The second-order valence-corrected chi connectivity index (χ2v) is 6.95. The first kappa shape index (κ1) is 20.9. The first-order chi connectivity index (χ1) is 12.6. The number of fused-ring (bicyclic) bond motifs is 2. The molecule has 0 aliphatic carbocycles. The molecule has 0 spiro atoms. The summed E-state index contributed by atoms with van der Waals surface area (Å²) >= 11 is 0. The molecule has 1 aliphatic heterocycles. The minimum atomic E-state index is -5.04. The molecule has 6 heteroatoms. The number of alkyl halides is 3. The second-order valence-electron chi connectivity index (χ2n) is 6.95. The highest BCUT2D eigenvalue weighted by Gasteiger charge is 2.42. The molecule has 2 bridgehead atoms. The molecule has 1 aromatic rings. The highest BCUT2D eigenvalue weighted by Crippen LogP contribution is 2.27. The van der Waals surface area contributed by atoms with Crippen LogP contribution in [0.5, 0.6) is 0 Å². The zero-order valence-electron chi connectivity index (χ0n) is 15.7. The van der Waals surface area contributed by atoms with Crippen molar-refractivity contribution in [2.45, 2.75) is 58.7 Å². The fourth-order valence-corrected chi connectivity index (χ4v) is 2.91. The predicted octanol–water partition coefficient (Wildman–Crippen LogP) is 5.39. The maximum atomic E-state index is 12.5. The summed E-state index contributed by atoms with van der Waals surface area (Å²) in [6.07, 6.45) is -2.53. The Labute approximate surface area is 157 Å². The lowest BCUT2D eigenvalue weighted by atomic mass is 9.91. The molecule has 27 heavy (non-hydrogen) atoms. The minimum absolute atomic E-state index is 0.0772. The van der Waals surface area contributed by atoms with Crippen LogP contribution < -0.4 is 0 Å². The Bertz CT molecular complexity index is 803. The molecule has 1 aromatic heterocycles. The number of hydrogen-bond donors (Lipinski definition) is 0. The smallest absolute Gasteiger partial charge is 0.461 e. The van der Waals surface area contributed by atoms with E-state index >= 15 is 0 Å². The number of ether oxygens (including phenoxy) is 1. The highest BCUT2D eigenvalue weighted by atomic mass is 19.4. The lowest BCUT2D eigenvalue weighted by molar-refractivity contribution is -0.202. The summed E-state index contributed by atoms with van der Waals surface area (Å²) in [6.45, 7) is 9.65. The van der Waals surface area contributed by atoms with E-state index in [-0.39, 0.29) is 12.3 Å². The van der Waals surface area contributed by atoms with E-state index in [2.05, 4.69) is 23.2 Å². The van der Waals surface area contributed by atoms with Gasteiger partial charge in [0.05, 0.1) is 0 Å². The third-order valence-electron chi connectivity index (χ3n) is 4.43. The molecule has 1 aliphatic rings. The number of hydrogen-bond acceptors (Lipinski definition) is 3. The van der Waals surface area contributed by atoms with Gasteiger partial charge < -0.3 is 9.15 Å². The van der Waals surface area contributed by atoms with E-state index in [1.54, 1.807) is 13.0 Å². The van der Waals surface area contributed by atoms with E-state index in [1.165, 1.54) is 0 Å². The Morgan fingerprint density at radius 2 is 2.04 bits per heavy atom. The van der Waals surface area contributed by atoms with E-state index in [9.17, 15) is 18.0 Å². The molecule has 0 radical (unpaired) electrons. The Kier molecular flexibility index (Phi) is 6.59. The summed E-state index contributed by atoms with van der Waals surface area (Å²) in [5.41, 5.74) is 2.72. The largest absolute Gasteiger partial charge is 0.490 e. The van der Waals surface area contributed by atoms with Gasteiger partial charge in [0.25, 0.3) is 0 Å². The topological polar surface area (TPSA) is 39.4 Å². The Hall–Kier alpha value is -2.42. The average molecular weight is 380 g/mol. The molecular formula is C21H23F3O3. The normalized spacial score (nSPS) is 22.8. The lowest BCUT2D eigenvalue weighted by Crippen LogP contribution is -2.29. The van der Waals surface area contributed by atoms with Gasteiger partial charge in [-0.25, -0.2) is 4.79 Å². The van der Waals surface area contributed by atoms with Gasteiger partial charge in [-0.2, -0.15) is 13.2 Å². The maximum Gasteiger partial charge on any atom is 0.490 e. The van der Waals surface area contributed by atoms with E-state index in [4.69, 9.17) is 4.42 Å². The van der Waals surface area contributed by atoms with Crippen LogP contribution in [-0.4, -0.2) is 18.2 Å². The van der Waals surface area contributed by atoms with E-state index in [0.717, 1.165) is 16.9 Å². The van der Waals surface area contributed by atoms with Crippen LogP contribution in [0.4, 0.5) is 13.2 Å². The van der Waals surface area contributed by atoms with Crippen molar-refractivity contribution in [3.8, 4) is 11.8 Å². The van der Waals surface area contributed by atoms with Gasteiger partial charge >= 0.3 is 12.1 Å². The number of allylic oxidation sites excluding steroid dienone is 1. The van der Waals surface area contributed by atoms with Crippen LogP contribution in [0.2, 0.25) is 0 Å². The number of rotatable bonds is 2. The van der Waals surface area contributed by atoms with Gasteiger partial charge in [-0.15, -0.1) is 0 Å². The summed E-state index contributed by atoms with van der Waals surface area (Å²) in [5, 5.41) is 0. The van der Waals surface area contributed by atoms with Gasteiger partial charge in [-0.1, -0.05) is 29.6 Å². The van der Waals surface area contributed by atoms with Crippen molar-refractivity contribution < 1.29 is 27.1 Å². The Balaban J connectivity index is 2.32. The minimum Gasteiger partial charge on any atom is -0.461 e. The van der Waals surface area contributed by atoms with Crippen molar-refractivity contribution in [2.24, 2.45) is 5.92 Å². The third kappa shape index (κ3) is 6.06. The first-order valence-corrected chi connectivity index (χ1v) is 8.74. The molecule has 0 amide bonds. The molecule has 2 rings (SSSR count). The van der Waals surface area contributed by atoms with E-state index in [0.29, 0.717) is 30.6 Å². The fourth-order valence-electron chi connectivity index (χ4n) is 2.91. The van der Waals surface area contributed by atoms with Crippen LogP contribution in [0.1, 0.15) is 50.2 Å². The molecular weight excluding hydrogens is 357 g/mol. The summed E-state index contributed by atoms with van der Waals surface area (Å²) < 4.78 is 48.0. The van der Waals surface area contributed by atoms with Crippen LogP contribution in [-0.2, 0) is 16.0 Å². The van der Waals surface area contributed by atoms with Gasteiger partial charge in [-0.3, -0.25) is 0 Å². The van der Waals surface area contributed by atoms with Crippen molar-refractivity contribution in [1.29, 1.82) is 0 Å².